The average molecular weight is 455 g/mol. The molecule has 0 saturated heterocycles. The van der Waals surface area contributed by atoms with E-state index in [-0.39, 0.29) is 11.5 Å². The van der Waals surface area contributed by atoms with Gasteiger partial charge >= 0.3 is 0 Å². The van der Waals surface area contributed by atoms with Gasteiger partial charge in [0.25, 0.3) is 0 Å². The second kappa shape index (κ2) is 8.78. The molecule has 0 aliphatic heterocycles. The van der Waals surface area contributed by atoms with Crippen LogP contribution in [0.2, 0.25) is 0 Å². The second-order valence-electron chi connectivity index (χ2n) is 7.01. The van der Waals surface area contributed by atoms with Crippen molar-refractivity contribution in [1.29, 1.82) is 0 Å². The van der Waals surface area contributed by atoms with E-state index in [4.69, 9.17) is 0 Å². The number of nitrogens with zero attached hydrogens (tertiary/aromatic N) is 2. The maximum atomic E-state index is 9.76. The Hall–Kier alpha value is -3.74. The predicted molar refractivity (Wildman–Crippen MR) is 133 cm³/mol. The van der Waals surface area contributed by atoms with Crippen LogP contribution in [0.25, 0.3) is 41.6 Å². The van der Waals surface area contributed by atoms with Crippen LogP contribution < -0.4 is 0 Å². The number of para-hydroxylation sites is 4. The summed E-state index contributed by atoms with van der Waals surface area (Å²) in [6, 6.07) is 30.5. The first-order valence-electron chi connectivity index (χ1n) is 9.97. The Bertz CT molecular complexity index is 1340. The number of aromatic nitrogens is 2. The monoisotopic (exact) mass is 454 g/mol. The van der Waals surface area contributed by atoms with Crippen LogP contribution >= 0.6 is 22.7 Å². The van der Waals surface area contributed by atoms with Crippen LogP contribution in [0.3, 0.4) is 0 Å². The summed E-state index contributed by atoms with van der Waals surface area (Å²) in [4.78, 5) is 9.00. The molecule has 0 fully saturated rings. The van der Waals surface area contributed by atoms with Crippen molar-refractivity contribution in [2.24, 2.45) is 0 Å². The van der Waals surface area contributed by atoms with Gasteiger partial charge in [0.15, 0.2) is 0 Å². The third kappa shape index (κ3) is 4.06. The molecule has 0 bridgehead atoms. The lowest BCUT2D eigenvalue weighted by Gasteiger charge is -1.98. The molecule has 0 amide bonds. The van der Waals surface area contributed by atoms with Crippen LogP contribution in [0.15, 0.2) is 97.1 Å². The Morgan fingerprint density at radius 2 is 0.844 bits per heavy atom. The highest BCUT2D eigenvalue weighted by molar-refractivity contribution is 7.22. The molecule has 6 rings (SSSR count). The first-order valence-corrected chi connectivity index (χ1v) is 11.6. The van der Waals surface area contributed by atoms with Crippen molar-refractivity contribution in [3.05, 3.63) is 97.1 Å². The quantitative estimate of drug-likeness (QED) is 0.287. The fraction of sp³-hybridized carbons (Fsp3) is 0. The van der Waals surface area contributed by atoms with E-state index >= 15 is 0 Å². The van der Waals surface area contributed by atoms with E-state index in [9.17, 15) is 10.2 Å². The zero-order valence-corrected chi connectivity index (χ0v) is 18.5. The highest BCUT2D eigenvalue weighted by Gasteiger charge is 2.09. The van der Waals surface area contributed by atoms with Crippen LogP contribution in [0.5, 0.6) is 11.5 Å². The number of hydrogen-bond donors (Lipinski definition) is 2. The molecule has 4 aromatic carbocycles. The van der Waals surface area contributed by atoms with Gasteiger partial charge in [-0.3, -0.25) is 0 Å². The van der Waals surface area contributed by atoms with Gasteiger partial charge in [0.05, 0.1) is 31.6 Å². The number of phenols is 2. The number of phenolic OH excluding ortho intramolecular Hbond substituents is 2. The van der Waals surface area contributed by atoms with Crippen molar-refractivity contribution in [3.8, 4) is 32.6 Å². The second-order valence-corrected chi connectivity index (χ2v) is 9.07. The molecule has 156 valence electrons. The number of fused-ring (bicyclic) bond motifs is 2. The largest absolute Gasteiger partial charge is 0.507 e. The zero-order chi connectivity index (χ0) is 21.9. The summed E-state index contributed by atoms with van der Waals surface area (Å²) < 4.78 is 2.28. The Kier molecular flexibility index (Phi) is 5.54. The van der Waals surface area contributed by atoms with Gasteiger partial charge in [-0.15, -0.1) is 22.7 Å². The van der Waals surface area contributed by atoms with Gasteiger partial charge in [-0.05, 0) is 48.5 Å². The normalized spacial score (nSPS) is 10.8. The average Bonchev–Trinajstić information content (AvgIpc) is 3.44. The van der Waals surface area contributed by atoms with Gasteiger partial charge < -0.3 is 10.2 Å². The molecule has 0 unspecified atom stereocenters. The predicted octanol–water partition coefficient (Wildman–Crippen LogP) is 7.34. The molecule has 0 atom stereocenters. The number of benzene rings is 4. The molecule has 6 heteroatoms. The number of aromatic hydroxyl groups is 2. The molecule has 0 radical (unpaired) electrons. The van der Waals surface area contributed by atoms with Crippen molar-refractivity contribution < 1.29 is 10.2 Å². The first-order chi connectivity index (χ1) is 15.7. The summed E-state index contributed by atoms with van der Waals surface area (Å²) in [7, 11) is 0. The molecule has 0 aliphatic carbocycles. The van der Waals surface area contributed by atoms with Crippen molar-refractivity contribution in [2.45, 2.75) is 0 Å². The summed E-state index contributed by atoms with van der Waals surface area (Å²) in [6.45, 7) is 0. The lowest BCUT2D eigenvalue weighted by Crippen LogP contribution is -1.76. The van der Waals surface area contributed by atoms with E-state index in [1.807, 2.05) is 84.9 Å². The fourth-order valence-corrected chi connectivity index (χ4v) is 5.28. The molecule has 2 N–H and O–H groups in total. The van der Waals surface area contributed by atoms with Crippen molar-refractivity contribution in [3.63, 3.8) is 0 Å². The van der Waals surface area contributed by atoms with E-state index in [2.05, 4.69) is 9.97 Å². The van der Waals surface area contributed by atoms with Crippen molar-refractivity contribution in [2.75, 3.05) is 0 Å². The summed E-state index contributed by atoms with van der Waals surface area (Å²) in [5, 5.41) is 21.2. The Balaban J connectivity index is 0.000000135. The maximum absolute atomic E-state index is 9.76. The van der Waals surface area contributed by atoms with Gasteiger partial charge in [0, 0.05) is 0 Å². The Morgan fingerprint density at radius 1 is 0.469 bits per heavy atom. The topological polar surface area (TPSA) is 66.2 Å². The Morgan fingerprint density at radius 3 is 1.25 bits per heavy atom. The van der Waals surface area contributed by atoms with Crippen molar-refractivity contribution in [1.82, 2.24) is 9.97 Å². The lowest BCUT2D eigenvalue weighted by molar-refractivity contribution is 0.477. The minimum atomic E-state index is 0.279. The van der Waals surface area contributed by atoms with E-state index in [0.717, 1.165) is 41.6 Å². The van der Waals surface area contributed by atoms with Gasteiger partial charge in [0.2, 0.25) is 0 Å². The van der Waals surface area contributed by atoms with E-state index < -0.39 is 0 Å². The SMILES string of the molecule is Oc1ccccc1-c1nc2ccccc2s1.Oc1ccccc1-c1nc2ccccc2s1. The number of hydrogen-bond acceptors (Lipinski definition) is 6. The first kappa shape index (κ1) is 20.2. The van der Waals surface area contributed by atoms with Gasteiger partial charge in [-0.1, -0.05) is 48.5 Å². The Labute approximate surface area is 192 Å². The third-order valence-electron chi connectivity index (χ3n) is 4.86. The van der Waals surface area contributed by atoms with E-state index in [1.54, 1.807) is 34.8 Å². The summed E-state index contributed by atoms with van der Waals surface area (Å²) in [6.07, 6.45) is 0. The van der Waals surface area contributed by atoms with Crippen LogP contribution in [-0.4, -0.2) is 20.2 Å². The molecule has 4 nitrogen and oxygen atoms in total. The molecule has 2 heterocycles. The minimum Gasteiger partial charge on any atom is -0.507 e. The van der Waals surface area contributed by atoms with Crippen LogP contribution in [-0.2, 0) is 0 Å². The lowest BCUT2D eigenvalue weighted by atomic mass is 10.2. The smallest absolute Gasteiger partial charge is 0.128 e. The third-order valence-corrected chi connectivity index (χ3v) is 7.00. The van der Waals surface area contributed by atoms with Crippen LogP contribution in [0.1, 0.15) is 0 Å². The van der Waals surface area contributed by atoms with Crippen LogP contribution in [0.4, 0.5) is 0 Å². The zero-order valence-electron chi connectivity index (χ0n) is 16.8. The maximum Gasteiger partial charge on any atom is 0.128 e. The van der Waals surface area contributed by atoms with Gasteiger partial charge in [-0.2, -0.15) is 0 Å². The molecule has 0 spiro atoms. The molecule has 2 aromatic heterocycles. The van der Waals surface area contributed by atoms with Crippen molar-refractivity contribution >= 4 is 43.1 Å². The van der Waals surface area contributed by atoms with E-state index in [1.165, 1.54) is 0 Å². The summed E-state index contributed by atoms with van der Waals surface area (Å²) in [5.41, 5.74) is 3.55. The molecular formula is C26H18N2O2S2. The molecular weight excluding hydrogens is 436 g/mol. The van der Waals surface area contributed by atoms with Crippen LogP contribution in [0, 0.1) is 0 Å². The molecule has 32 heavy (non-hydrogen) atoms. The molecule has 0 aliphatic rings. The highest BCUT2D eigenvalue weighted by atomic mass is 32.1. The molecule has 0 saturated carbocycles. The highest BCUT2D eigenvalue weighted by Crippen LogP contribution is 2.35. The van der Waals surface area contributed by atoms with Gasteiger partial charge in [-0.25, -0.2) is 9.97 Å². The summed E-state index contributed by atoms with van der Waals surface area (Å²) >= 11 is 3.19. The summed E-state index contributed by atoms with van der Waals surface area (Å²) in [5.74, 6) is 0.558. The fourth-order valence-electron chi connectivity index (χ4n) is 3.28. The standard InChI is InChI=1S/2C13H9NOS/c2*15-11-7-3-1-5-9(11)13-14-10-6-2-4-8-12(10)16-13/h2*1-8,15H. The number of thiazole rings is 2. The molecule has 6 aromatic rings. The number of rotatable bonds is 2. The minimum absolute atomic E-state index is 0.279. The van der Waals surface area contributed by atoms with Gasteiger partial charge in [0.1, 0.15) is 21.5 Å². The van der Waals surface area contributed by atoms with E-state index in [0.29, 0.717) is 0 Å².